The summed E-state index contributed by atoms with van der Waals surface area (Å²) in [6, 6.07) is 0.0702. The molecule has 114 valence electrons. The third kappa shape index (κ3) is 4.42. The van der Waals surface area contributed by atoms with Crippen LogP contribution >= 0.6 is 0 Å². The zero-order chi connectivity index (χ0) is 14.8. The van der Waals surface area contributed by atoms with Crippen molar-refractivity contribution in [2.24, 2.45) is 11.1 Å². The molecule has 3 N–H and O–H groups in total. The van der Waals surface area contributed by atoms with Crippen molar-refractivity contribution < 1.29 is 5.11 Å². The lowest BCUT2D eigenvalue weighted by atomic mass is 9.82. The molecule has 4 heteroatoms. The maximum atomic E-state index is 9.70. The summed E-state index contributed by atoms with van der Waals surface area (Å²) in [6.45, 7) is 17.4. The second kappa shape index (κ2) is 6.08. The molecular formula is C15H33N3O. The fourth-order valence-electron chi connectivity index (χ4n) is 2.76. The van der Waals surface area contributed by atoms with Crippen molar-refractivity contribution in [3.8, 4) is 0 Å². The van der Waals surface area contributed by atoms with E-state index in [4.69, 9.17) is 5.73 Å². The van der Waals surface area contributed by atoms with Gasteiger partial charge in [-0.3, -0.25) is 9.80 Å². The Morgan fingerprint density at radius 3 is 1.79 bits per heavy atom. The zero-order valence-electron chi connectivity index (χ0n) is 13.6. The molecule has 0 aromatic heterocycles. The molecule has 0 bridgehead atoms. The molecule has 2 atom stereocenters. The molecule has 0 spiro atoms. The SMILES string of the molecule is CC(C)(C)C(N)C(CO)N1CCN(C(C)(C)C)CC1. The van der Waals surface area contributed by atoms with E-state index in [0.717, 1.165) is 26.2 Å². The third-order valence-electron chi connectivity index (χ3n) is 4.33. The highest BCUT2D eigenvalue weighted by atomic mass is 16.3. The van der Waals surface area contributed by atoms with E-state index in [1.54, 1.807) is 0 Å². The quantitative estimate of drug-likeness (QED) is 0.808. The molecule has 1 heterocycles. The van der Waals surface area contributed by atoms with Crippen LogP contribution in [0.25, 0.3) is 0 Å². The predicted molar refractivity (Wildman–Crippen MR) is 81.2 cm³/mol. The lowest BCUT2D eigenvalue weighted by Gasteiger charge is -2.47. The van der Waals surface area contributed by atoms with Gasteiger partial charge in [-0.05, 0) is 26.2 Å². The highest BCUT2D eigenvalue weighted by Crippen LogP contribution is 2.24. The van der Waals surface area contributed by atoms with Gasteiger partial charge in [0.15, 0.2) is 0 Å². The first-order valence-corrected chi connectivity index (χ1v) is 7.43. The van der Waals surface area contributed by atoms with Crippen LogP contribution in [0.1, 0.15) is 41.5 Å². The van der Waals surface area contributed by atoms with Gasteiger partial charge in [0.2, 0.25) is 0 Å². The van der Waals surface area contributed by atoms with Gasteiger partial charge >= 0.3 is 0 Å². The van der Waals surface area contributed by atoms with Crippen molar-refractivity contribution in [1.82, 2.24) is 9.80 Å². The van der Waals surface area contributed by atoms with E-state index in [0.29, 0.717) is 0 Å². The Bertz CT molecular complexity index is 272. The molecule has 0 aliphatic carbocycles. The standard InChI is InChI=1S/C15H33N3O/c1-14(2,3)13(16)12(11-19)17-7-9-18(10-8-17)15(4,5)6/h12-13,19H,7-11,16H2,1-6H3. The van der Waals surface area contributed by atoms with Crippen LogP contribution in [0.5, 0.6) is 0 Å². The molecule has 1 aliphatic heterocycles. The maximum absolute atomic E-state index is 9.70. The van der Waals surface area contributed by atoms with E-state index in [-0.39, 0.29) is 29.6 Å². The molecule has 4 nitrogen and oxygen atoms in total. The molecule has 0 saturated carbocycles. The smallest absolute Gasteiger partial charge is 0.0602 e. The Morgan fingerprint density at radius 2 is 1.47 bits per heavy atom. The highest BCUT2D eigenvalue weighted by molar-refractivity contribution is 4.92. The molecule has 0 radical (unpaired) electrons. The Hall–Kier alpha value is -0.160. The van der Waals surface area contributed by atoms with Crippen molar-refractivity contribution in [3.05, 3.63) is 0 Å². The number of nitrogens with two attached hydrogens (primary N) is 1. The van der Waals surface area contributed by atoms with E-state index >= 15 is 0 Å². The van der Waals surface area contributed by atoms with E-state index in [2.05, 4.69) is 51.3 Å². The largest absolute Gasteiger partial charge is 0.395 e. The minimum Gasteiger partial charge on any atom is -0.395 e. The van der Waals surface area contributed by atoms with Crippen molar-refractivity contribution in [1.29, 1.82) is 0 Å². The molecule has 1 fully saturated rings. The van der Waals surface area contributed by atoms with E-state index < -0.39 is 0 Å². The summed E-state index contributed by atoms with van der Waals surface area (Å²) in [5, 5.41) is 9.70. The number of piperazine rings is 1. The summed E-state index contributed by atoms with van der Waals surface area (Å²) in [5.41, 5.74) is 6.59. The normalized spacial score (nSPS) is 23.4. The molecular weight excluding hydrogens is 238 g/mol. The highest BCUT2D eigenvalue weighted by Gasteiger charge is 2.35. The van der Waals surface area contributed by atoms with Crippen LogP contribution in [0.2, 0.25) is 0 Å². The Balaban J connectivity index is 2.62. The van der Waals surface area contributed by atoms with Crippen molar-refractivity contribution >= 4 is 0 Å². The Labute approximate surface area is 118 Å². The first-order valence-electron chi connectivity index (χ1n) is 7.43. The third-order valence-corrected chi connectivity index (χ3v) is 4.33. The summed E-state index contributed by atoms with van der Waals surface area (Å²) in [4.78, 5) is 4.86. The number of nitrogens with zero attached hydrogens (tertiary/aromatic N) is 2. The van der Waals surface area contributed by atoms with Gasteiger partial charge in [-0.1, -0.05) is 20.8 Å². The summed E-state index contributed by atoms with van der Waals surface area (Å²) < 4.78 is 0. The Kier molecular flexibility index (Phi) is 5.41. The molecule has 0 aromatic carbocycles. The van der Waals surface area contributed by atoms with Gasteiger partial charge in [0, 0.05) is 43.8 Å². The molecule has 1 rings (SSSR count). The van der Waals surface area contributed by atoms with E-state index in [1.165, 1.54) is 0 Å². The summed E-state index contributed by atoms with van der Waals surface area (Å²) >= 11 is 0. The number of aliphatic hydroxyl groups excluding tert-OH is 1. The number of rotatable bonds is 3. The van der Waals surface area contributed by atoms with Gasteiger partial charge in [0.1, 0.15) is 0 Å². The summed E-state index contributed by atoms with van der Waals surface area (Å²) in [6.07, 6.45) is 0. The van der Waals surface area contributed by atoms with Crippen molar-refractivity contribution in [3.63, 3.8) is 0 Å². The molecule has 2 unspecified atom stereocenters. The molecule has 0 amide bonds. The zero-order valence-corrected chi connectivity index (χ0v) is 13.6. The molecule has 19 heavy (non-hydrogen) atoms. The van der Waals surface area contributed by atoms with Crippen LogP contribution in [0.3, 0.4) is 0 Å². The number of hydrogen-bond donors (Lipinski definition) is 2. The second-order valence-corrected chi connectivity index (χ2v) is 7.84. The van der Waals surface area contributed by atoms with Crippen LogP contribution in [-0.4, -0.2) is 65.3 Å². The van der Waals surface area contributed by atoms with Crippen LogP contribution in [0, 0.1) is 5.41 Å². The van der Waals surface area contributed by atoms with Gasteiger partial charge in [0.05, 0.1) is 6.61 Å². The van der Waals surface area contributed by atoms with E-state index in [9.17, 15) is 5.11 Å². The lowest BCUT2D eigenvalue weighted by molar-refractivity contribution is 0.00652. The first kappa shape index (κ1) is 16.9. The van der Waals surface area contributed by atoms with Crippen molar-refractivity contribution in [2.75, 3.05) is 32.8 Å². The lowest BCUT2D eigenvalue weighted by Crippen LogP contribution is -2.61. The fourth-order valence-corrected chi connectivity index (χ4v) is 2.76. The monoisotopic (exact) mass is 271 g/mol. The Morgan fingerprint density at radius 1 is 1.00 bits per heavy atom. The summed E-state index contributed by atoms with van der Waals surface area (Å²) in [7, 11) is 0. The molecule has 0 aromatic rings. The number of hydrogen-bond acceptors (Lipinski definition) is 4. The van der Waals surface area contributed by atoms with Crippen LogP contribution in [0.15, 0.2) is 0 Å². The van der Waals surface area contributed by atoms with E-state index in [1.807, 2.05) is 0 Å². The average molecular weight is 271 g/mol. The van der Waals surface area contributed by atoms with Gasteiger partial charge in [-0.25, -0.2) is 0 Å². The molecule has 1 aliphatic rings. The van der Waals surface area contributed by atoms with Crippen LogP contribution < -0.4 is 5.73 Å². The summed E-state index contributed by atoms with van der Waals surface area (Å²) in [5.74, 6) is 0. The van der Waals surface area contributed by atoms with Crippen molar-refractivity contribution in [2.45, 2.75) is 59.2 Å². The van der Waals surface area contributed by atoms with Gasteiger partial charge in [-0.2, -0.15) is 0 Å². The molecule has 1 saturated heterocycles. The van der Waals surface area contributed by atoms with Crippen LogP contribution in [0.4, 0.5) is 0 Å². The minimum atomic E-state index is -0.00122. The predicted octanol–water partition coefficient (Wildman–Crippen LogP) is 1.14. The number of aliphatic hydroxyl groups is 1. The van der Waals surface area contributed by atoms with Gasteiger partial charge in [0.25, 0.3) is 0 Å². The second-order valence-electron chi connectivity index (χ2n) is 7.84. The van der Waals surface area contributed by atoms with Gasteiger partial charge in [-0.15, -0.1) is 0 Å². The average Bonchev–Trinajstić information content (AvgIpc) is 2.28. The fraction of sp³-hybridized carbons (Fsp3) is 1.00. The maximum Gasteiger partial charge on any atom is 0.0602 e. The minimum absolute atomic E-state index is 0.00122. The van der Waals surface area contributed by atoms with Gasteiger partial charge < -0.3 is 10.8 Å². The topological polar surface area (TPSA) is 52.7 Å². The first-order chi connectivity index (χ1) is 8.57. The van der Waals surface area contributed by atoms with Crippen LogP contribution in [-0.2, 0) is 0 Å².